The monoisotopic (exact) mass is 255 g/mol. The van der Waals surface area contributed by atoms with Crippen LogP contribution in [-0.2, 0) is 6.42 Å². The SMILES string of the molecule is C1=Cc2cc3ccccc3n3c2c(c2ccccc23)C1. The standard InChI is InChI=1S/C19H13N/c1-3-10-17-13(6-1)12-14-7-5-9-16-15-8-2-4-11-18(15)20(17)19(14)16/h1-8,10-12H,9H2. The second kappa shape index (κ2) is 3.51. The first kappa shape index (κ1) is 10.3. The number of hydrogen-bond donors (Lipinski definition) is 0. The Morgan fingerprint density at radius 3 is 2.60 bits per heavy atom. The number of allylic oxidation sites excluding steroid dienone is 1. The Bertz CT molecular complexity index is 1020. The lowest BCUT2D eigenvalue weighted by Crippen LogP contribution is -1.95. The van der Waals surface area contributed by atoms with Crippen molar-refractivity contribution in [1.29, 1.82) is 0 Å². The molecule has 1 aliphatic rings. The first-order chi connectivity index (χ1) is 9.93. The summed E-state index contributed by atoms with van der Waals surface area (Å²) in [6.45, 7) is 0. The molecule has 5 rings (SSSR count). The highest BCUT2D eigenvalue weighted by atomic mass is 14.9. The minimum absolute atomic E-state index is 1.03. The third-order valence-electron chi connectivity index (χ3n) is 4.36. The van der Waals surface area contributed by atoms with Gasteiger partial charge in [0, 0.05) is 5.39 Å². The van der Waals surface area contributed by atoms with Gasteiger partial charge in [-0.1, -0.05) is 48.6 Å². The predicted molar refractivity (Wildman–Crippen MR) is 85.1 cm³/mol. The summed E-state index contributed by atoms with van der Waals surface area (Å²) in [7, 11) is 0. The molecule has 1 heteroatoms. The van der Waals surface area contributed by atoms with E-state index in [-0.39, 0.29) is 0 Å². The molecule has 2 heterocycles. The minimum atomic E-state index is 1.03. The fraction of sp³-hybridized carbons (Fsp3) is 0.0526. The first-order valence-corrected chi connectivity index (χ1v) is 7.04. The van der Waals surface area contributed by atoms with E-state index in [9.17, 15) is 0 Å². The fourth-order valence-electron chi connectivity index (χ4n) is 3.55. The van der Waals surface area contributed by atoms with Crippen molar-refractivity contribution in [2.45, 2.75) is 6.42 Å². The summed E-state index contributed by atoms with van der Waals surface area (Å²) in [6.07, 6.45) is 5.56. The van der Waals surface area contributed by atoms with Crippen LogP contribution < -0.4 is 0 Å². The fourth-order valence-corrected chi connectivity index (χ4v) is 3.55. The first-order valence-electron chi connectivity index (χ1n) is 7.04. The van der Waals surface area contributed by atoms with Crippen LogP contribution in [-0.4, -0.2) is 4.40 Å². The average Bonchev–Trinajstić information content (AvgIpc) is 2.85. The zero-order chi connectivity index (χ0) is 13.1. The maximum Gasteiger partial charge on any atom is 0.0576 e. The number of fused-ring (bicyclic) bond motifs is 5. The van der Waals surface area contributed by atoms with Gasteiger partial charge in [-0.2, -0.15) is 0 Å². The normalized spacial score (nSPS) is 13.6. The molecule has 94 valence electrons. The second-order valence-electron chi connectivity index (χ2n) is 5.44. The molecule has 1 nitrogen and oxygen atoms in total. The molecular formula is C19H13N. The summed E-state index contributed by atoms with van der Waals surface area (Å²) in [5.74, 6) is 0. The molecule has 2 aromatic heterocycles. The highest BCUT2D eigenvalue weighted by Crippen LogP contribution is 2.36. The highest BCUT2D eigenvalue weighted by molar-refractivity contribution is 6.02. The van der Waals surface area contributed by atoms with Crippen LogP contribution in [0.4, 0.5) is 0 Å². The van der Waals surface area contributed by atoms with Crippen molar-refractivity contribution in [2.24, 2.45) is 0 Å². The predicted octanol–water partition coefficient (Wildman–Crippen LogP) is 4.82. The van der Waals surface area contributed by atoms with Gasteiger partial charge in [-0.05, 0) is 41.1 Å². The van der Waals surface area contributed by atoms with E-state index in [1.165, 1.54) is 38.4 Å². The van der Waals surface area contributed by atoms with Gasteiger partial charge in [-0.25, -0.2) is 0 Å². The summed E-state index contributed by atoms with van der Waals surface area (Å²) in [5, 5.41) is 2.68. The quantitative estimate of drug-likeness (QED) is 0.424. The molecule has 0 spiro atoms. The van der Waals surface area contributed by atoms with E-state index >= 15 is 0 Å². The largest absolute Gasteiger partial charge is 0.308 e. The van der Waals surface area contributed by atoms with Crippen LogP contribution in [0.15, 0.2) is 60.7 Å². The van der Waals surface area contributed by atoms with Gasteiger partial charge in [0.15, 0.2) is 0 Å². The van der Waals surface area contributed by atoms with Crippen molar-refractivity contribution in [3.05, 3.63) is 71.8 Å². The van der Waals surface area contributed by atoms with Crippen LogP contribution in [0, 0.1) is 0 Å². The van der Waals surface area contributed by atoms with Gasteiger partial charge in [-0.3, -0.25) is 0 Å². The number of hydrogen-bond acceptors (Lipinski definition) is 0. The van der Waals surface area contributed by atoms with E-state index in [1.807, 2.05) is 0 Å². The summed E-state index contributed by atoms with van der Waals surface area (Å²) in [4.78, 5) is 0. The Morgan fingerprint density at radius 1 is 0.850 bits per heavy atom. The van der Waals surface area contributed by atoms with Crippen LogP contribution in [0.1, 0.15) is 11.1 Å². The van der Waals surface area contributed by atoms with E-state index in [1.54, 1.807) is 0 Å². The Hall–Kier alpha value is -2.54. The van der Waals surface area contributed by atoms with E-state index in [0.29, 0.717) is 0 Å². The molecule has 0 saturated carbocycles. The van der Waals surface area contributed by atoms with E-state index in [0.717, 1.165) is 6.42 Å². The number of para-hydroxylation sites is 2. The molecular weight excluding hydrogens is 242 g/mol. The van der Waals surface area contributed by atoms with Crippen molar-refractivity contribution < 1.29 is 0 Å². The molecule has 1 aliphatic carbocycles. The molecule has 2 aromatic carbocycles. The third kappa shape index (κ3) is 1.13. The van der Waals surface area contributed by atoms with E-state index in [4.69, 9.17) is 0 Å². The summed E-state index contributed by atoms with van der Waals surface area (Å²) >= 11 is 0. The van der Waals surface area contributed by atoms with Crippen LogP contribution in [0.5, 0.6) is 0 Å². The molecule has 0 bridgehead atoms. The number of nitrogens with zero attached hydrogens (tertiary/aromatic N) is 1. The number of benzene rings is 2. The van der Waals surface area contributed by atoms with Gasteiger partial charge in [0.2, 0.25) is 0 Å². The van der Waals surface area contributed by atoms with Crippen molar-refractivity contribution >= 4 is 33.4 Å². The van der Waals surface area contributed by atoms with Gasteiger partial charge in [0.05, 0.1) is 16.6 Å². The molecule has 0 aliphatic heterocycles. The van der Waals surface area contributed by atoms with Gasteiger partial charge in [0.1, 0.15) is 0 Å². The molecule has 0 fully saturated rings. The lowest BCUT2D eigenvalue weighted by Gasteiger charge is -2.11. The highest BCUT2D eigenvalue weighted by Gasteiger charge is 2.17. The smallest absolute Gasteiger partial charge is 0.0576 e. The second-order valence-corrected chi connectivity index (χ2v) is 5.44. The van der Waals surface area contributed by atoms with Crippen LogP contribution in [0.2, 0.25) is 0 Å². The van der Waals surface area contributed by atoms with Crippen molar-refractivity contribution in [3.8, 4) is 0 Å². The summed E-state index contributed by atoms with van der Waals surface area (Å²) < 4.78 is 2.43. The molecule has 0 amide bonds. The van der Waals surface area contributed by atoms with Crippen molar-refractivity contribution in [3.63, 3.8) is 0 Å². The Balaban J connectivity index is 2.21. The van der Waals surface area contributed by atoms with Gasteiger partial charge >= 0.3 is 0 Å². The minimum Gasteiger partial charge on any atom is -0.308 e. The topological polar surface area (TPSA) is 4.41 Å². The Kier molecular flexibility index (Phi) is 1.80. The van der Waals surface area contributed by atoms with Gasteiger partial charge in [0.25, 0.3) is 0 Å². The number of pyridine rings is 1. The molecule has 0 N–H and O–H groups in total. The van der Waals surface area contributed by atoms with Crippen molar-refractivity contribution in [1.82, 2.24) is 4.40 Å². The van der Waals surface area contributed by atoms with Gasteiger partial charge < -0.3 is 4.40 Å². The Morgan fingerprint density at radius 2 is 1.65 bits per heavy atom. The van der Waals surface area contributed by atoms with Crippen LogP contribution in [0.25, 0.3) is 33.4 Å². The molecule has 4 aromatic rings. The molecule has 0 saturated heterocycles. The lowest BCUT2D eigenvalue weighted by molar-refractivity contribution is 1.26. The van der Waals surface area contributed by atoms with Gasteiger partial charge in [-0.15, -0.1) is 0 Å². The number of rotatable bonds is 0. The zero-order valence-corrected chi connectivity index (χ0v) is 11.0. The number of aromatic nitrogens is 1. The van der Waals surface area contributed by atoms with E-state index in [2.05, 4.69) is 71.2 Å². The third-order valence-corrected chi connectivity index (χ3v) is 4.36. The molecule has 0 atom stereocenters. The van der Waals surface area contributed by atoms with Crippen LogP contribution in [0.3, 0.4) is 0 Å². The molecule has 0 unspecified atom stereocenters. The molecule has 20 heavy (non-hydrogen) atoms. The van der Waals surface area contributed by atoms with Crippen LogP contribution >= 0.6 is 0 Å². The lowest BCUT2D eigenvalue weighted by atomic mass is 9.99. The van der Waals surface area contributed by atoms with Crippen molar-refractivity contribution in [2.75, 3.05) is 0 Å². The maximum atomic E-state index is 2.43. The Labute approximate surface area is 116 Å². The summed E-state index contributed by atoms with van der Waals surface area (Å²) in [6, 6.07) is 19.7. The average molecular weight is 255 g/mol. The zero-order valence-electron chi connectivity index (χ0n) is 11.0. The van der Waals surface area contributed by atoms with E-state index < -0.39 is 0 Å². The maximum absolute atomic E-state index is 2.43. The molecule has 0 radical (unpaired) electrons. The summed E-state index contributed by atoms with van der Waals surface area (Å²) in [5.41, 5.74) is 6.79.